The van der Waals surface area contributed by atoms with Crippen LogP contribution in [0, 0.1) is 0 Å². The number of anilines is 2. The SMILES string of the molecule is COC(=O)c1cc(-c2cnn(C)c2OCCCCC(C)(C)Nc2cc(Br)ccc2N)c(=O)n(C)c1. The molecule has 1 aromatic carbocycles. The molecule has 0 spiro atoms. The third kappa shape index (κ3) is 6.45. The van der Waals surface area contributed by atoms with E-state index in [0.717, 1.165) is 29.4 Å². The lowest BCUT2D eigenvalue weighted by Gasteiger charge is -2.28. The number of carbonyl (C=O) groups is 1. The van der Waals surface area contributed by atoms with Crippen molar-refractivity contribution in [1.82, 2.24) is 14.3 Å². The predicted molar refractivity (Wildman–Crippen MR) is 141 cm³/mol. The molecule has 2 heterocycles. The molecule has 0 atom stereocenters. The van der Waals surface area contributed by atoms with Crippen molar-refractivity contribution in [3.63, 3.8) is 0 Å². The van der Waals surface area contributed by atoms with Crippen LogP contribution in [0.3, 0.4) is 0 Å². The van der Waals surface area contributed by atoms with Crippen LogP contribution in [0.1, 0.15) is 43.5 Å². The van der Waals surface area contributed by atoms with Gasteiger partial charge in [-0.25, -0.2) is 9.48 Å². The number of nitrogen functional groups attached to an aromatic ring is 1. The first-order valence-corrected chi connectivity index (χ1v) is 12.1. The molecule has 9 nitrogen and oxygen atoms in total. The molecule has 0 aliphatic rings. The average molecular weight is 546 g/mol. The Morgan fingerprint density at radius 1 is 1.20 bits per heavy atom. The van der Waals surface area contributed by atoms with Crippen LogP contribution in [0.25, 0.3) is 11.1 Å². The summed E-state index contributed by atoms with van der Waals surface area (Å²) in [6.07, 6.45) is 5.65. The number of benzene rings is 1. The lowest BCUT2D eigenvalue weighted by Crippen LogP contribution is -2.31. The number of hydrogen-bond donors (Lipinski definition) is 2. The van der Waals surface area contributed by atoms with Crippen molar-refractivity contribution in [3.8, 4) is 17.0 Å². The minimum absolute atomic E-state index is 0.160. The van der Waals surface area contributed by atoms with E-state index in [0.29, 0.717) is 29.3 Å². The zero-order chi connectivity index (χ0) is 25.8. The highest BCUT2D eigenvalue weighted by atomic mass is 79.9. The summed E-state index contributed by atoms with van der Waals surface area (Å²) in [4.78, 5) is 24.8. The second kappa shape index (κ2) is 11.0. The van der Waals surface area contributed by atoms with Crippen LogP contribution in [0.5, 0.6) is 5.88 Å². The fourth-order valence-corrected chi connectivity index (χ4v) is 4.18. The van der Waals surface area contributed by atoms with Crippen molar-refractivity contribution < 1.29 is 14.3 Å². The summed E-state index contributed by atoms with van der Waals surface area (Å²) in [6, 6.07) is 7.28. The highest BCUT2D eigenvalue weighted by Crippen LogP contribution is 2.30. The van der Waals surface area contributed by atoms with E-state index < -0.39 is 5.97 Å². The molecule has 0 aliphatic heterocycles. The molecule has 188 valence electrons. The number of aromatic nitrogens is 3. The van der Waals surface area contributed by atoms with E-state index in [2.05, 4.69) is 40.2 Å². The molecule has 3 rings (SSSR count). The van der Waals surface area contributed by atoms with Crippen molar-refractivity contribution in [3.05, 3.63) is 57.0 Å². The van der Waals surface area contributed by atoms with E-state index in [9.17, 15) is 9.59 Å². The Hall–Kier alpha value is -3.27. The van der Waals surface area contributed by atoms with Gasteiger partial charge in [-0.2, -0.15) is 5.10 Å². The summed E-state index contributed by atoms with van der Waals surface area (Å²) in [6.45, 7) is 4.73. The molecule has 0 saturated heterocycles. The van der Waals surface area contributed by atoms with Crippen LogP contribution in [-0.2, 0) is 18.8 Å². The van der Waals surface area contributed by atoms with Gasteiger partial charge in [0.2, 0.25) is 5.88 Å². The zero-order valence-corrected chi connectivity index (χ0v) is 22.3. The molecule has 0 fully saturated rings. The fourth-order valence-electron chi connectivity index (χ4n) is 3.82. The minimum Gasteiger partial charge on any atom is -0.477 e. The number of hydrogen-bond acceptors (Lipinski definition) is 7. The Morgan fingerprint density at radius 2 is 1.94 bits per heavy atom. The van der Waals surface area contributed by atoms with E-state index >= 15 is 0 Å². The smallest absolute Gasteiger partial charge is 0.339 e. The van der Waals surface area contributed by atoms with E-state index in [1.54, 1.807) is 25.0 Å². The quantitative estimate of drug-likeness (QED) is 0.221. The Kier molecular flexibility index (Phi) is 8.26. The van der Waals surface area contributed by atoms with Crippen LogP contribution in [0.4, 0.5) is 11.4 Å². The number of methoxy groups -OCH3 is 1. The van der Waals surface area contributed by atoms with Crippen molar-refractivity contribution >= 4 is 33.3 Å². The number of esters is 1. The molecule has 0 radical (unpaired) electrons. The fraction of sp³-hybridized carbons (Fsp3) is 0.400. The summed E-state index contributed by atoms with van der Waals surface area (Å²) < 4.78 is 14.8. The first kappa shape index (κ1) is 26.3. The number of aryl methyl sites for hydroxylation is 2. The maximum Gasteiger partial charge on any atom is 0.339 e. The number of nitrogens with two attached hydrogens (primary N) is 1. The number of unbranched alkanes of at least 4 members (excludes halogenated alkanes) is 1. The van der Waals surface area contributed by atoms with Gasteiger partial charge in [0.1, 0.15) is 0 Å². The molecule has 0 unspecified atom stereocenters. The molecular formula is C25H32BrN5O4. The predicted octanol–water partition coefficient (Wildman–Crippen LogP) is 4.36. The van der Waals surface area contributed by atoms with Crippen molar-refractivity contribution in [1.29, 1.82) is 0 Å². The van der Waals surface area contributed by atoms with Gasteiger partial charge in [0.25, 0.3) is 5.56 Å². The second-order valence-corrected chi connectivity index (χ2v) is 10.00. The van der Waals surface area contributed by atoms with Gasteiger partial charge in [-0.15, -0.1) is 0 Å². The number of pyridine rings is 1. The Labute approximate surface area is 213 Å². The second-order valence-electron chi connectivity index (χ2n) is 9.08. The van der Waals surface area contributed by atoms with Gasteiger partial charge >= 0.3 is 5.97 Å². The molecule has 0 saturated carbocycles. The van der Waals surface area contributed by atoms with Crippen molar-refractivity contribution in [2.45, 2.75) is 38.6 Å². The van der Waals surface area contributed by atoms with Crippen LogP contribution in [-0.4, -0.2) is 39.6 Å². The number of carbonyl (C=O) groups excluding carboxylic acids is 1. The summed E-state index contributed by atoms with van der Waals surface area (Å²) in [5.74, 6) is -0.0440. The van der Waals surface area contributed by atoms with Crippen molar-refractivity contribution in [2.24, 2.45) is 14.1 Å². The van der Waals surface area contributed by atoms with E-state index in [4.69, 9.17) is 15.2 Å². The monoisotopic (exact) mass is 545 g/mol. The molecule has 0 aliphatic carbocycles. The van der Waals surface area contributed by atoms with Gasteiger partial charge in [-0.05, 0) is 57.4 Å². The number of nitrogens with one attached hydrogen (secondary N) is 1. The van der Waals surface area contributed by atoms with E-state index in [1.807, 2.05) is 18.2 Å². The van der Waals surface area contributed by atoms with Gasteiger partial charge in [-0.1, -0.05) is 15.9 Å². The molecule has 10 heteroatoms. The summed E-state index contributed by atoms with van der Waals surface area (Å²) in [5, 5.41) is 7.78. The lowest BCUT2D eigenvalue weighted by molar-refractivity contribution is 0.0599. The van der Waals surface area contributed by atoms with Gasteiger partial charge in [0.15, 0.2) is 0 Å². The van der Waals surface area contributed by atoms with Crippen LogP contribution in [0.2, 0.25) is 0 Å². The maximum absolute atomic E-state index is 12.8. The largest absolute Gasteiger partial charge is 0.477 e. The van der Waals surface area contributed by atoms with E-state index in [-0.39, 0.29) is 16.7 Å². The number of rotatable bonds is 10. The summed E-state index contributed by atoms with van der Waals surface area (Å²) >= 11 is 3.48. The number of ether oxygens (including phenoxy) is 2. The first-order valence-electron chi connectivity index (χ1n) is 11.3. The van der Waals surface area contributed by atoms with Gasteiger partial charge in [-0.3, -0.25) is 4.79 Å². The summed E-state index contributed by atoms with van der Waals surface area (Å²) in [7, 11) is 4.64. The number of nitrogens with zero attached hydrogens (tertiary/aromatic N) is 3. The highest BCUT2D eigenvalue weighted by Gasteiger charge is 2.20. The summed E-state index contributed by atoms with van der Waals surface area (Å²) in [5.41, 5.74) is 8.43. The maximum atomic E-state index is 12.8. The van der Waals surface area contributed by atoms with Crippen LogP contribution in [0.15, 0.2) is 45.9 Å². The Morgan fingerprint density at radius 3 is 2.66 bits per heavy atom. The number of halogens is 1. The van der Waals surface area contributed by atoms with Gasteiger partial charge in [0, 0.05) is 30.3 Å². The molecular weight excluding hydrogens is 514 g/mol. The lowest BCUT2D eigenvalue weighted by atomic mass is 9.96. The van der Waals surface area contributed by atoms with Crippen molar-refractivity contribution in [2.75, 3.05) is 24.8 Å². The molecule has 35 heavy (non-hydrogen) atoms. The molecule has 3 aromatic rings. The normalized spacial score (nSPS) is 11.4. The average Bonchev–Trinajstić information content (AvgIpc) is 3.17. The standard InChI is InChI=1S/C25H32BrN5O4/c1-25(2,29-21-13-17(26)8-9-20(21)27)10-6-7-11-35-23-19(14-28-31(23)4)18-12-16(24(33)34-5)15-30(3)22(18)32/h8-9,12-15,29H,6-7,10-11,27H2,1-5H3. The topological polar surface area (TPSA) is 113 Å². The Balaban J connectivity index is 1.64. The zero-order valence-electron chi connectivity index (χ0n) is 20.7. The molecule has 0 amide bonds. The third-order valence-corrected chi connectivity index (χ3v) is 6.20. The minimum atomic E-state index is -0.519. The molecule has 0 bridgehead atoms. The third-order valence-electron chi connectivity index (χ3n) is 5.70. The van der Waals surface area contributed by atoms with Gasteiger partial charge < -0.3 is 25.1 Å². The molecule has 3 N–H and O–H groups in total. The van der Waals surface area contributed by atoms with E-state index in [1.165, 1.54) is 23.9 Å². The first-order chi connectivity index (χ1) is 16.5. The molecule has 2 aromatic heterocycles. The van der Waals surface area contributed by atoms with Gasteiger partial charge in [0.05, 0.1) is 48.0 Å². The van der Waals surface area contributed by atoms with Crippen LogP contribution < -0.4 is 21.3 Å². The van der Waals surface area contributed by atoms with Crippen LogP contribution >= 0.6 is 15.9 Å². The highest BCUT2D eigenvalue weighted by molar-refractivity contribution is 9.10. The Bertz CT molecular complexity index is 1270.